The molecular weight excluding hydrogens is 940 g/mol. The molecule has 5 unspecified atom stereocenters. The van der Waals surface area contributed by atoms with Crippen LogP contribution in [0.25, 0.3) is 63.1 Å². The van der Waals surface area contributed by atoms with Crippen molar-refractivity contribution in [3.05, 3.63) is 97.4 Å². The summed E-state index contributed by atoms with van der Waals surface area (Å²) in [6.45, 7) is 9.34. The highest BCUT2D eigenvalue weighted by Gasteiger charge is 2.36. The zero-order valence-corrected chi connectivity index (χ0v) is 41.8. The molecule has 3 aliphatic rings. The monoisotopic (exact) mass is 996 g/mol. The Morgan fingerprint density at radius 2 is 1.37 bits per heavy atom. The van der Waals surface area contributed by atoms with Gasteiger partial charge in [-0.25, -0.2) is 24.3 Å². The smallest absolute Gasteiger partial charge is 0.246 e. The third-order valence-corrected chi connectivity index (χ3v) is 16.6. The number of methoxy groups -OCH3 is 2. The van der Waals surface area contributed by atoms with Crippen LogP contribution < -0.4 is 20.9 Å². The first kappa shape index (κ1) is 47.8. The van der Waals surface area contributed by atoms with Gasteiger partial charge in [-0.05, 0) is 117 Å². The summed E-state index contributed by atoms with van der Waals surface area (Å²) in [5.41, 5.74) is 18.4. The molecule has 2 aliphatic heterocycles. The van der Waals surface area contributed by atoms with Gasteiger partial charge in [0.1, 0.15) is 53.3 Å². The molecular formula is C53H57FN10O5S2. The largest absolute Gasteiger partial charge is 0.495 e. The second kappa shape index (κ2) is 19.7. The van der Waals surface area contributed by atoms with Crippen LogP contribution in [0.15, 0.2) is 86.3 Å². The first-order valence-electron chi connectivity index (χ1n) is 23.9. The highest BCUT2D eigenvalue weighted by molar-refractivity contribution is 7.23. The number of amides is 2. The summed E-state index contributed by atoms with van der Waals surface area (Å²) in [6.07, 6.45) is 15.7. The maximum absolute atomic E-state index is 13.4. The van der Waals surface area contributed by atoms with Crippen molar-refractivity contribution in [2.24, 2.45) is 5.92 Å². The van der Waals surface area contributed by atoms with Gasteiger partial charge in [0.05, 0.1) is 59.1 Å². The molecule has 5 N–H and O–H groups in total. The van der Waals surface area contributed by atoms with Gasteiger partial charge in [0, 0.05) is 52.9 Å². The molecule has 15 nitrogen and oxygen atoms in total. The van der Waals surface area contributed by atoms with E-state index in [1.807, 2.05) is 36.2 Å². The number of alkyl halides is 1. The number of likely N-dealkylation sites (tertiary alicyclic amines) is 2. The summed E-state index contributed by atoms with van der Waals surface area (Å²) in [4.78, 5) is 48.6. The SMILES string of the molecule is C=CC(=O)N1CC(n2cc(-c3cc4cc(C)cc(OC)c4s3)c3c(N)ncnc32)CC1CO.COc1cc(C)cc2cc(-c3cn(C4CCN(C(=O)/C=C/CC5CCC(F)C5)C4)c4ncnc(N)c34)sc12. The molecule has 8 aromatic rings. The van der Waals surface area contributed by atoms with Crippen molar-refractivity contribution in [3.63, 3.8) is 0 Å². The highest BCUT2D eigenvalue weighted by atomic mass is 32.1. The van der Waals surface area contributed by atoms with Gasteiger partial charge in [-0.15, -0.1) is 22.7 Å². The maximum Gasteiger partial charge on any atom is 0.246 e. The molecule has 6 aromatic heterocycles. The Labute approximate surface area is 418 Å². The number of nitrogens with two attached hydrogens (primary N) is 2. The first-order chi connectivity index (χ1) is 34.3. The molecule has 368 valence electrons. The average Bonchev–Trinajstić information content (AvgIpc) is 4.23. The molecule has 2 amide bonds. The fourth-order valence-corrected chi connectivity index (χ4v) is 13.1. The van der Waals surface area contributed by atoms with Crippen molar-refractivity contribution in [1.29, 1.82) is 0 Å². The number of allylic oxidation sites excluding steroid dienone is 1. The Balaban J connectivity index is 0.000000166. The van der Waals surface area contributed by atoms with Gasteiger partial charge in [-0.2, -0.15) is 0 Å². The van der Waals surface area contributed by atoms with Crippen LogP contribution in [0.1, 0.15) is 61.7 Å². The molecule has 2 aromatic carbocycles. The van der Waals surface area contributed by atoms with E-state index in [9.17, 15) is 19.1 Å². The second-order valence-electron chi connectivity index (χ2n) is 18.9. The minimum absolute atomic E-state index is 0.0140. The van der Waals surface area contributed by atoms with Crippen molar-refractivity contribution >= 4 is 88.4 Å². The molecule has 1 saturated carbocycles. The zero-order valence-electron chi connectivity index (χ0n) is 40.2. The van der Waals surface area contributed by atoms with E-state index in [-0.39, 0.29) is 36.5 Å². The van der Waals surface area contributed by atoms with Crippen LogP contribution in [0.5, 0.6) is 11.5 Å². The third-order valence-electron chi connectivity index (χ3n) is 14.2. The number of aliphatic hydroxyl groups is 1. The predicted octanol–water partition coefficient (Wildman–Crippen LogP) is 9.60. The summed E-state index contributed by atoms with van der Waals surface area (Å²) >= 11 is 3.30. The molecule has 0 spiro atoms. The van der Waals surface area contributed by atoms with Crippen LogP contribution in [-0.2, 0) is 9.59 Å². The molecule has 3 fully saturated rings. The number of aromatic nitrogens is 6. The number of aliphatic hydroxyl groups excluding tert-OH is 1. The highest BCUT2D eigenvalue weighted by Crippen LogP contribution is 2.46. The van der Waals surface area contributed by atoms with Crippen LogP contribution >= 0.6 is 22.7 Å². The summed E-state index contributed by atoms with van der Waals surface area (Å²) in [6, 6.07) is 12.5. The van der Waals surface area contributed by atoms with Gasteiger partial charge < -0.3 is 45.0 Å². The van der Waals surface area contributed by atoms with Crippen molar-refractivity contribution in [1.82, 2.24) is 38.9 Å². The maximum atomic E-state index is 13.4. The Morgan fingerprint density at radius 1 is 0.789 bits per heavy atom. The Morgan fingerprint density at radius 3 is 1.89 bits per heavy atom. The number of benzene rings is 2. The standard InChI is InChI=1S/C29H32FN5O2S.C24H25N5O3S/c1-17-10-19-13-24(38-27(19)23(11-17)37-2)22-15-35(29-26(22)28(31)32-16-33-29)21-8-9-34(14-21)25(36)5-3-4-18-6-7-20(30)12-18;1-4-20(31)28-9-15(8-16(28)11-30)29-10-17(21-23(25)26-12-27-24(21)29)19-7-14-5-13(2)6-18(32-3)22(14)33-19/h3,5,10-11,13,15-16,18,20-21H,4,6-9,12,14H2,1-2H3,(H2,31,32,33);4-7,10,12,15-16,30H,1,8-9,11H2,2-3H3,(H2,25,26,27)/b5-3+;. The Kier molecular flexibility index (Phi) is 13.3. The molecule has 11 rings (SSSR count). The van der Waals surface area contributed by atoms with Gasteiger partial charge in [0.2, 0.25) is 11.8 Å². The van der Waals surface area contributed by atoms with Gasteiger partial charge in [0.25, 0.3) is 0 Å². The fourth-order valence-electron chi connectivity index (χ4n) is 10.8. The molecule has 8 heterocycles. The van der Waals surface area contributed by atoms with E-state index in [0.29, 0.717) is 62.1 Å². The van der Waals surface area contributed by atoms with Crippen LogP contribution in [0.4, 0.5) is 16.0 Å². The van der Waals surface area contributed by atoms with Gasteiger partial charge in [-0.3, -0.25) is 9.59 Å². The Hall–Kier alpha value is -6.89. The minimum atomic E-state index is -0.679. The molecule has 5 atom stereocenters. The number of hydrogen-bond acceptors (Lipinski definition) is 13. The number of nitrogens with zero attached hydrogens (tertiary/aromatic N) is 8. The molecule has 1 aliphatic carbocycles. The van der Waals surface area contributed by atoms with Gasteiger partial charge in [-0.1, -0.05) is 24.8 Å². The lowest BCUT2D eigenvalue weighted by atomic mass is 10.0. The number of hydrogen-bond donors (Lipinski definition) is 3. The van der Waals surface area contributed by atoms with Crippen LogP contribution in [0, 0.1) is 19.8 Å². The third kappa shape index (κ3) is 9.08. The number of nitrogen functional groups attached to an aromatic ring is 2. The van der Waals surface area contributed by atoms with E-state index in [1.165, 1.54) is 18.7 Å². The molecule has 71 heavy (non-hydrogen) atoms. The van der Waals surface area contributed by atoms with Crippen molar-refractivity contribution < 1.29 is 28.6 Å². The van der Waals surface area contributed by atoms with Crippen LogP contribution in [0.2, 0.25) is 0 Å². The molecule has 0 radical (unpaired) electrons. The van der Waals surface area contributed by atoms with E-state index in [0.717, 1.165) is 99.4 Å². The summed E-state index contributed by atoms with van der Waals surface area (Å²) in [7, 11) is 3.38. The first-order valence-corrected chi connectivity index (χ1v) is 25.5. The van der Waals surface area contributed by atoms with Gasteiger partial charge in [0.15, 0.2) is 0 Å². The average molecular weight is 997 g/mol. The second-order valence-corrected chi connectivity index (χ2v) is 21.0. The van der Waals surface area contributed by atoms with Crippen molar-refractivity contribution in [2.45, 2.75) is 76.7 Å². The molecule has 0 bridgehead atoms. The van der Waals surface area contributed by atoms with E-state index in [1.54, 1.807) is 47.9 Å². The Bertz CT molecular complexity index is 3380. The molecule has 2 saturated heterocycles. The number of thiophene rings is 2. The lowest BCUT2D eigenvalue weighted by Crippen LogP contribution is -2.36. The van der Waals surface area contributed by atoms with Crippen LogP contribution in [0.3, 0.4) is 0 Å². The lowest BCUT2D eigenvalue weighted by Gasteiger charge is -2.20. The number of fused-ring (bicyclic) bond motifs is 4. The topological polar surface area (TPSA) is 193 Å². The normalized spacial score (nSPS) is 20.2. The number of rotatable bonds is 11. The summed E-state index contributed by atoms with van der Waals surface area (Å²) < 4.78 is 31.1. The quantitative estimate of drug-likeness (QED) is 0.105. The van der Waals surface area contributed by atoms with Crippen molar-refractivity contribution in [3.8, 4) is 32.4 Å². The number of carbonyl (C=O) groups excluding carboxylic acids is 2. The zero-order chi connectivity index (χ0) is 49.7. The van der Waals surface area contributed by atoms with E-state index < -0.39 is 6.17 Å². The van der Waals surface area contributed by atoms with E-state index >= 15 is 0 Å². The number of carbonyl (C=O) groups is 2. The summed E-state index contributed by atoms with van der Waals surface area (Å²) in [5.74, 6) is 2.74. The minimum Gasteiger partial charge on any atom is -0.495 e. The summed E-state index contributed by atoms with van der Waals surface area (Å²) in [5, 5.41) is 13.7. The number of ether oxygens (including phenoxy) is 2. The number of aryl methyl sites for hydroxylation is 2. The van der Waals surface area contributed by atoms with Crippen LogP contribution in [-0.4, -0.2) is 108 Å². The van der Waals surface area contributed by atoms with E-state index in [4.69, 9.17) is 20.9 Å². The number of halogens is 1. The predicted molar refractivity (Wildman–Crippen MR) is 281 cm³/mol. The fraction of sp³-hybridized carbons (Fsp3) is 0.358. The number of anilines is 2. The molecule has 18 heteroatoms. The van der Waals surface area contributed by atoms with Crippen molar-refractivity contribution in [2.75, 3.05) is 51.9 Å². The van der Waals surface area contributed by atoms with E-state index in [2.05, 4.69) is 73.0 Å². The van der Waals surface area contributed by atoms with Gasteiger partial charge >= 0.3 is 0 Å². The lowest BCUT2D eigenvalue weighted by molar-refractivity contribution is -0.127.